The number of carbonyl (C=O) groups is 4. The number of carbonyl (C=O) groups excluding carboxylic acids is 4. The van der Waals surface area contributed by atoms with E-state index >= 15 is 0 Å². The molecule has 0 bridgehead atoms. The summed E-state index contributed by atoms with van der Waals surface area (Å²) in [6.45, 7) is 6.52. The highest BCUT2D eigenvalue weighted by molar-refractivity contribution is 6.33. The number of benzene rings is 1. The summed E-state index contributed by atoms with van der Waals surface area (Å²) in [6, 6.07) is 4.49. The Kier molecular flexibility index (Phi) is 9.51. The van der Waals surface area contributed by atoms with Gasteiger partial charge in [0.15, 0.2) is 0 Å². The molecule has 35 heavy (non-hydrogen) atoms. The van der Waals surface area contributed by atoms with Crippen LogP contribution in [0, 0.1) is 5.92 Å². The number of hydrogen-bond donors (Lipinski definition) is 2. The fraction of sp³-hybridized carbons (Fsp3) is 0.600. The lowest BCUT2D eigenvalue weighted by Crippen LogP contribution is -2.56. The van der Waals surface area contributed by atoms with Crippen LogP contribution in [0.3, 0.4) is 0 Å². The van der Waals surface area contributed by atoms with Crippen molar-refractivity contribution in [2.24, 2.45) is 5.92 Å². The Bertz CT molecular complexity index is 940. The van der Waals surface area contributed by atoms with Gasteiger partial charge in [-0.15, -0.1) is 0 Å². The molecule has 2 heterocycles. The standard InChI is InChI=1S/C25H34ClN3O6/c1-4-5-13-34-25-18(14-20(30)35-25)27-23(32)19-11-8-12-29(19)24(33)21(15(2)3)28-22(31)16-9-6-7-10-17(16)26/h6-7,9-10,15,18-19,21,25H,4-5,8,11-14H2,1-3H3,(H,27,32)(H,28,31)/t18-,19-,21-,25+/m0/s1. The fourth-order valence-corrected chi connectivity index (χ4v) is 4.51. The van der Waals surface area contributed by atoms with Gasteiger partial charge in [-0.2, -0.15) is 0 Å². The molecule has 0 radical (unpaired) electrons. The van der Waals surface area contributed by atoms with Crippen molar-refractivity contribution >= 4 is 35.3 Å². The predicted molar refractivity (Wildman–Crippen MR) is 130 cm³/mol. The number of rotatable bonds is 10. The van der Waals surface area contributed by atoms with Crippen molar-refractivity contribution in [1.82, 2.24) is 15.5 Å². The quantitative estimate of drug-likeness (QED) is 0.372. The summed E-state index contributed by atoms with van der Waals surface area (Å²) in [5.41, 5.74) is 0.281. The number of hydrogen-bond acceptors (Lipinski definition) is 6. The van der Waals surface area contributed by atoms with Crippen LogP contribution < -0.4 is 10.6 Å². The Labute approximate surface area is 210 Å². The molecule has 9 nitrogen and oxygen atoms in total. The van der Waals surface area contributed by atoms with E-state index in [2.05, 4.69) is 10.6 Å². The smallest absolute Gasteiger partial charge is 0.310 e. The van der Waals surface area contributed by atoms with Crippen molar-refractivity contribution in [1.29, 1.82) is 0 Å². The zero-order valence-corrected chi connectivity index (χ0v) is 21.2. The Morgan fingerprint density at radius 3 is 2.69 bits per heavy atom. The molecule has 3 amide bonds. The van der Waals surface area contributed by atoms with Gasteiger partial charge >= 0.3 is 5.97 Å². The van der Waals surface area contributed by atoms with E-state index in [0.29, 0.717) is 31.0 Å². The normalized spacial score (nSPS) is 22.7. The van der Waals surface area contributed by atoms with Crippen molar-refractivity contribution in [2.45, 2.75) is 77.3 Å². The van der Waals surface area contributed by atoms with Gasteiger partial charge in [0.05, 0.1) is 23.6 Å². The molecule has 192 valence electrons. The molecule has 10 heteroatoms. The summed E-state index contributed by atoms with van der Waals surface area (Å²) in [4.78, 5) is 52.8. The van der Waals surface area contributed by atoms with Crippen molar-refractivity contribution in [3.05, 3.63) is 34.9 Å². The van der Waals surface area contributed by atoms with E-state index in [4.69, 9.17) is 21.1 Å². The minimum Gasteiger partial charge on any atom is -0.433 e. The molecular weight excluding hydrogens is 474 g/mol. The van der Waals surface area contributed by atoms with Gasteiger partial charge in [0, 0.05) is 6.54 Å². The predicted octanol–water partition coefficient (Wildman–Crippen LogP) is 2.66. The summed E-state index contributed by atoms with van der Waals surface area (Å²) in [7, 11) is 0. The number of amides is 3. The number of nitrogens with one attached hydrogen (secondary N) is 2. The molecule has 1 aromatic carbocycles. The van der Waals surface area contributed by atoms with Gasteiger partial charge in [0.1, 0.15) is 18.1 Å². The van der Waals surface area contributed by atoms with Crippen LogP contribution in [-0.2, 0) is 23.9 Å². The van der Waals surface area contributed by atoms with Gasteiger partial charge in [0.2, 0.25) is 18.1 Å². The maximum absolute atomic E-state index is 13.5. The van der Waals surface area contributed by atoms with Crippen LogP contribution in [0.15, 0.2) is 24.3 Å². The highest BCUT2D eigenvalue weighted by Crippen LogP contribution is 2.23. The summed E-state index contributed by atoms with van der Waals surface area (Å²) >= 11 is 6.14. The first-order valence-corrected chi connectivity index (χ1v) is 12.6. The Morgan fingerprint density at radius 2 is 2.00 bits per heavy atom. The molecule has 0 spiro atoms. The number of likely N-dealkylation sites (tertiary alicyclic amines) is 1. The summed E-state index contributed by atoms with van der Waals surface area (Å²) < 4.78 is 10.8. The molecule has 3 rings (SSSR count). The molecule has 2 N–H and O–H groups in total. The SMILES string of the molecule is CCCCO[C@@H]1OC(=O)C[C@@H]1NC(=O)[C@@H]1CCCN1C(=O)[C@@H](NC(=O)c1ccccc1Cl)C(C)C. The average Bonchev–Trinajstić information content (AvgIpc) is 3.44. The fourth-order valence-electron chi connectivity index (χ4n) is 4.29. The van der Waals surface area contributed by atoms with Gasteiger partial charge in [-0.25, -0.2) is 0 Å². The third-order valence-corrected chi connectivity index (χ3v) is 6.58. The van der Waals surface area contributed by atoms with Crippen LogP contribution >= 0.6 is 11.6 Å². The molecule has 0 saturated carbocycles. The first kappa shape index (κ1) is 26.9. The van der Waals surface area contributed by atoms with Crippen LogP contribution in [0.1, 0.15) is 63.2 Å². The first-order chi connectivity index (χ1) is 16.7. The van der Waals surface area contributed by atoms with E-state index in [-0.39, 0.29) is 29.7 Å². The first-order valence-electron chi connectivity index (χ1n) is 12.2. The van der Waals surface area contributed by atoms with Gasteiger partial charge in [-0.05, 0) is 37.3 Å². The minimum absolute atomic E-state index is 0.0196. The van der Waals surface area contributed by atoms with E-state index in [9.17, 15) is 19.2 Å². The summed E-state index contributed by atoms with van der Waals surface area (Å²) in [6.07, 6.45) is 2.08. The van der Waals surface area contributed by atoms with Gasteiger partial charge in [-0.1, -0.05) is 50.9 Å². The number of unbranched alkanes of at least 4 members (excludes halogenated alkanes) is 1. The van der Waals surface area contributed by atoms with Crippen molar-refractivity contribution < 1.29 is 28.7 Å². The van der Waals surface area contributed by atoms with Gasteiger partial charge < -0.3 is 25.0 Å². The van der Waals surface area contributed by atoms with Crippen LogP contribution in [0.4, 0.5) is 0 Å². The van der Waals surface area contributed by atoms with Crippen molar-refractivity contribution in [2.75, 3.05) is 13.2 Å². The second kappa shape index (κ2) is 12.4. The molecule has 2 fully saturated rings. The summed E-state index contributed by atoms with van der Waals surface area (Å²) in [5, 5.41) is 5.93. The zero-order chi connectivity index (χ0) is 25.5. The third kappa shape index (κ3) is 6.73. The van der Waals surface area contributed by atoms with E-state index in [1.807, 2.05) is 20.8 Å². The molecule has 2 aliphatic heterocycles. The Hall–Kier alpha value is -2.65. The maximum atomic E-state index is 13.5. The Morgan fingerprint density at radius 1 is 1.26 bits per heavy atom. The van der Waals surface area contributed by atoms with Crippen LogP contribution in [0.2, 0.25) is 5.02 Å². The highest BCUT2D eigenvalue weighted by atomic mass is 35.5. The second-order valence-electron chi connectivity index (χ2n) is 9.27. The lowest BCUT2D eigenvalue weighted by molar-refractivity contribution is -0.165. The topological polar surface area (TPSA) is 114 Å². The van der Waals surface area contributed by atoms with Gasteiger partial charge in [0.25, 0.3) is 5.91 Å². The third-order valence-electron chi connectivity index (χ3n) is 6.25. The Balaban J connectivity index is 1.67. The van der Waals surface area contributed by atoms with E-state index in [1.165, 1.54) is 4.90 Å². The number of cyclic esters (lactones) is 1. The number of nitrogens with zero attached hydrogens (tertiary/aromatic N) is 1. The minimum atomic E-state index is -0.832. The average molecular weight is 508 g/mol. The lowest BCUT2D eigenvalue weighted by atomic mass is 10.0. The van der Waals surface area contributed by atoms with Crippen molar-refractivity contribution in [3.8, 4) is 0 Å². The molecular formula is C25H34ClN3O6. The summed E-state index contributed by atoms with van der Waals surface area (Å²) in [5.74, 6) is -1.78. The molecule has 0 unspecified atom stereocenters. The molecule has 0 aliphatic carbocycles. The van der Waals surface area contributed by atoms with Crippen LogP contribution in [0.25, 0.3) is 0 Å². The molecule has 2 aliphatic rings. The van der Waals surface area contributed by atoms with Crippen LogP contribution in [-0.4, -0.2) is 66.2 Å². The monoisotopic (exact) mass is 507 g/mol. The molecule has 1 aromatic rings. The van der Waals surface area contributed by atoms with Crippen molar-refractivity contribution in [3.63, 3.8) is 0 Å². The van der Waals surface area contributed by atoms with E-state index in [0.717, 1.165) is 12.8 Å². The highest BCUT2D eigenvalue weighted by Gasteiger charge is 2.42. The van der Waals surface area contributed by atoms with E-state index in [1.54, 1.807) is 24.3 Å². The van der Waals surface area contributed by atoms with Gasteiger partial charge in [-0.3, -0.25) is 19.2 Å². The molecule has 4 atom stereocenters. The van der Waals surface area contributed by atoms with E-state index < -0.39 is 36.3 Å². The number of halogens is 1. The number of ether oxygens (including phenoxy) is 2. The molecule has 2 saturated heterocycles. The maximum Gasteiger partial charge on any atom is 0.310 e. The second-order valence-corrected chi connectivity index (χ2v) is 9.67. The lowest BCUT2D eigenvalue weighted by Gasteiger charge is -2.31. The van der Waals surface area contributed by atoms with Crippen LogP contribution in [0.5, 0.6) is 0 Å². The largest absolute Gasteiger partial charge is 0.433 e. The molecule has 0 aromatic heterocycles. The number of esters is 1. The zero-order valence-electron chi connectivity index (χ0n) is 20.4.